The van der Waals surface area contributed by atoms with Crippen molar-refractivity contribution in [2.24, 2.45) is 5.92 Å². The number of ether oxygens (including phenoxy) is 1. The molecule has 2 saturated heterocycles. The van der Waals surface area contributed by atoms with Gasteiger partial charge in [0.25, 0.3) is 0 Å². The van der Waals surface area contributed by atoms with Crippen LogP contribution in [0.5, 0.6) is 5.75 Å². The molecule has 1 N–H and O–H groups in total. The zero-order valence-corrected chi connectivity index (χ0v) is 16.2. The van der Waals surface area contributed by atoms with Gasteiger partial charge in [-0.05, 0) is 24.1 Å². The second-order valence-corrected chi connectivity index (χ2v) is 9.15. The zero-order chi connectivity index (χ0) is 19.4. The van der Waals surface area contributed by atoms with Gasteiger partial charge in [0.1, 0.15) is 5.75 Å². The Labute approximate surface area is 159 Å². The Hall–Kier alpha value is -2.29. The Morgan fingerprint density at radius 3 is 2.30 bits per heavy atom. The van der Waals surface area contributed by atoms with Crippen LogP contribution >= 0.6 is 0 Å². The number of hydrogen-bond donors (Lipinski definition) is 1. The molecule has 8 nitrogen and oxygen atoms in total. The molecule has 0 aliphatic carbocycles. The fraction of sp³-hybridized carbons (Fsp3) is 0.556. The van der Waals surface area contributed by atoms with Gasteiger partial charge in [-0.15, -0.1) is 0 Å². The second-order valence-electron chi connectivity index (χ2n) is 6.92. The highest BCUT2D eigenvalue weighted by molar-refractivity contribution is 7.91. The van der Waals surface area contributed by atoms with E-state index in [0.29, 0.717) is 39.1 Å². The molecule has 0 spiro atoms. The van der Waals surface area contributed by atoms with Crippen LogP contribution < -0.4 is 10.1 Å². The number of carbonyl (C=O) groups excluding carboxylic acids is 2. The van der Waals surface area contributed by atoms with Crippen LogP contribution in [0, 0.1) is 5.92 Å². The number of nitrogens with one attached hydrogen (secondary N) is 1. The van der Waals surface area contributed by atoms with E-state index in [0.717, 1.165) is 11.3 Å². The molecule has 0 aromatic heterocycles. The van der Waals surface area contributed by atoms with Gasteiger partial charge in [0.15, 0.2) is 9.84 Å². The Kier molecular flexibility index (Phi) is 5.88. The number of benzene rings is 1. The van der Waals surface area contributed by atoms with Gasteiger partial charge in [-0.25, -0.2) is 13.2 Å². The maximum Gasteiger partial charge on any atom is 0.317 e. The van der Waals surface area contributed by atoms with Crippen LogP contribution in [0.1, 0.15) is 12.0 Å². The highest BCUT2D eigenvalue weighted by atomic mass is 32.2. The summed E-state index contributed by atoms with van der Waals surface area (Å²) in [5.41, 5.74) is 0.973. The standard InChI is InChI=1S/C18H25N3O5S/c1-26-16-4-2-14(3-5-16)12-19-18(23)21-9-7-20(8-10-21)17(22)15-6-11-27(24,25)13-15/h2-5,15H,6-13H2,1H3,(H,19,23). The quantitative estimate of drug-likeness (QED) is 0.800. The summed E-state index contributed by atoms with van der Waals surface area (Å²) in [5.74, 6) is 0.284. The van der Waals surface area contributed by atoms with E-state index in [4.69, 9.17) is 4.74 Å². The summed E-state index contributed by atoms with van der Waals surface area (Å²) in [5, 5.41) is 2.88. The summed E-state index contributed by atoms with van der Waals surface area (Å²) in [6.07, 6.45) is 0.406. The molecule has 0 saturated carbocycles. The van der Waals surface area contributed by atoms with E-state index < -0.39 is 15.8 Å². The van der Waals surface area contributed by atoms with E-state index in [1.54, 1.807) is 16.9 Å². The molecule has 3 rings (SSSR count). The van der Waals surface area contributed by atoms with Crippen molar-refractivity contribution in [1.29, 1.82) is 0 Å². The maximum absolute atomic E-state index is 12.5. The molecule has 1 unspecified atom stereocenters. The third kappa shape index (κ3) is 4.91. The fourth-order valence-electron chi connectivity index (χ4n) is 3.41. The molecule has 9 heteroatoms. The predicted octanol–water partition coefficient (Wildman–Crippen LogP) is 0.484. The van der Waals surface area contributed by atoms with Crippen molar-refractivity contribution in [2.75, 3.05) is 44.8 Å². The Balaban J connectivity index is 1.44. The molecule has 2 fully saturated rings. The number of hydrogen-bond acceptors (Lipinski definition) is 5. The lowest BCUT2D eigenvalue weighted by Gasteiger charge is -2.35. The second kappa shape index (κ2) is 8.16. The third-order valence-electron chi connectivity index (χ3n) is 5.06. The lowest BCUT2D eigenvalue weighted by molar-refractivity contribution is -0.136. The molecular weight excluding hydrogens is 370 g/mol. The van der Waals surface area contributed by atoms with Crippen LogP contribution in [0.4, 0.5) is 4.79 Å². The van der Waals surface area contributed by atoms with E-state index in [-0.39, 0.29) is 23.4 Å². The molecule has 2 aliphatic heterocycles. The SMILES string of the molecule is COc1ccc(CNC(=O)N2CCN(C(=O)C3CCS(=O)(=O)C3)CC2)cc1. The summed E-state index contributed by atoms with van der Waals surface area (Å²) in [6, 6.07) is 7.31. The highest BCUT2D eigenvalue weighted by Crippen LogP contribution is 2.21. The largest absolute Gasteiger partial charge is 0.497 e. The Morgan fingerprint density at radius 2 is 1.74 bits per heavy atom. The normalized spacial score (nSPS) is 21.7. The lowest BCUT2D eigenvalue weighted by atomic mass is 10.1. The molecule has 1 aromatic carbocycles. The van der Waals surface area contributed by atoms with Gasteiger partial charge >= 0.3 is 6.03 Å². The van der Waals surface area contributed by atoms with Gasteiger partial charge in [0.2, 0.25) is 5.91 Å². The number of nitrogens with zero attached hydrogens (tertiary/aromatic N) is 2. The van der Waals surface area contributed by atoms with Crippen molar-refractivity contribution in [3.05, 3.63) is 29.8 Å². The van der Waals surface area contributed by atoms with Crippen molar-refractivity contribution in [2.45, 2.75) is 13.0 Å². The average Bonchev–Trinajstić information content (AvgIpc) is 3.05. The predicted molar refractivity (Wildman–Crippen MR) is 100 cm³/mol. The first-order valence-electron chi connectivity index (χ1n) is 9.03. The van der Waals surface area contributed by atoms with E-state index in [1.165, 1.54) is 0 Å². The third-order valence-corrected chi connectivity index (χ3v) is 6.83. The van der Waals surface area contributed by atoms with Gasteiger partial charge < -0.3 is 19.9 Å². The van der Waals surface area contributed by atoms with E-state index in [2.05, 4.69) is 5.32 Å². The van der Waals surface area contributed by atoms with Gasteiger partial charge in [-0.3, -0.25) is 4.79 Å². The van der Waals surface area contributed by atoms with Crippen LogP contribution in [-0.2, 0) is 21.2 Å². The number of sulfone groups is 1. The number of carbonyl (C=O) groups is 2. The number of urea groups is 1. The smallest absolute Gasteiger partial charge is 0.317 e. The Morgan fingerprint density at radius 1 is 1.11 bits per heavy atom. The summed E-state index contributed by atoms with van der Waals surface area (Å²) in [6.45, 7) is 2.18. The van der Waals surface area contributed by atoms with E-state index in [9.17, 15) is 18.0 Å². The molecule has 2 aliphatic rings. The van der Waals surface area contributed by atoms with Crippen LogP contribution in [0.2, 0.25) is 0 Å². The maximum atomic E-state index is 12.5. The summed E-state index contributed by atoms with van der Waals surface area (Å²) < 4.78 is 28.2. The number of amides is 3. The molecular formula is C18H25N3O5S. The zero-order valence-electron chi connectivity index (χ0n) is 15.4. The van der Waals surface area contributed by atoms with Crippen molar-refractivity contribution in [3.8, 4) is 5.75 Å². The minimum atomic E-state index is -3.07. The van der Waals surface area contributed by atoms with Gasteiger partial charge in [0, 0.05) is 32.7 Å². The van der Waals surface area contributed by atoms with Crippen LogP contribution in [0.3, 0.4) is 0 Å². The fourth-order valence-corrected chi connectivity index (χ4v) is 5.14. The summed E-state index contributed by atoms with van der Waals surface area (Å²) in [7, 11) is -1.47. The topological polar surface area (TPSA) is 96.0 Å². The van der Waals surface area contributed by atoms with Gasteiger partial charge in [0.05, 0.1) is 24.5 Å². The molecule has 3 amide bonds. The molecule has 2 heterocycles. The molecule has 148 valence electrons. The van der Waals surface area contributed by atoms with Crippen molar-refractivity contribution in [1.82, 2.24) is 15.1 Å². The van der Waals surface area contributed by atoms with E-state index in [1.807, 2.05) is 24.3 Å². The first kappa shape index (κ1) is 19.5. The van der Waals surface area contributed by atoms with Crippen molar-refractivity contribution < 1.29 is 22.7 Å². The monoisotopic (exact) mass is 395 g/mol. The van der Waals surface area contributed by atoms with Crippen molar-refractivity contribution >= 4 is 21.8 Å². The number of methoxy groups -OCH3 is 1. The van der Waals surface area contributed by atoms with Crippen LogP contribution in [-0.4, -0.2) is 75.0 Å². The average molecular weight is 395 g/mol. The van der Waals surface area contributed by atoms with Gasteiger partial charge in [-0.1, -0.05) is 12.1 Å². The molecule has 27 heavy (non-hydrogen) atoms. The first-order valence-corrected chi connectivity index (χ1v) is 10.8. The van der Waals surface area contributed by atoms with Crippen LogP contribution in [0.15, 0.2) is 24.3 Å². The molecule has 0 radical (unpaired) electrons. The van der Waals surface area contributed by atoms with Crippen LogP contribution in [0.25, 0.3) is 0 Å². The summed E-state index contributed by atoms with van der Waals surface area (Å²) >= 11 is 0. The van der Waals surface area contributed by atoms with E-state index >= 15 is 0 Å². The first-order chi connectivity index (χ1) is 12.9. The molecule has 1 atom stereocenters. The lowest BCUT2D eigenvalue weighted by Crippen LogP contribution is -2.54. The van der Waals surface area contributed by atoms with Crippen molar-refractivity contribution in [3.63, 3.8) is 0 Å². The minimum absolute atomic E-state index is 0.0472. The van der Waals surface area contributed by atoms with Gasteiger partial charge in [-0.2, -0.15) is 0 Å². The molecule has 1 aromatic rings. The highest BCUT2D eigenvalue weighted by Gasteiger charge is 2.36. The molecule has 0 bridgehead atoms. The number of rotatable bonds is 4. The number of piperazine rings is 1. The Bertz CT molecular complexity index is 786. The minimum Gasteiger partial charge on any atom is -0.497 e. The summed E-state index contributed by atoms with van der Waals surface area (Å²) in [4.78, 5) is 28.1.